The van der Waals surface area contributed by atoms with Crippen molar-refractivity contribution in [2.45, 2.75) is 33.3 Å². The van der Waals surface area contributed by atoms with Crippen molar-refractivity contribution in [1.82, 2.24) is 24.5 Å². The van der Waals surface area contributed by atoms with E-state index in [1.807, 2.05) is 58.4 Å². The molecule has 1 amide bonds. The molecule has 9 nitrogen and oxygen atoms in total. The maximum atomic E-state index is 12.4. The van der Waals surface area contributed by atoms with Crippen LogP contribution in [0.25, 0.3) is 27.1 Å². The maximum absolute atomic E-state index is 12.4. The van der Waals surface area contributed by atoms with Gasteiger partial charge in [-0.3, -0.25) is 0 Å². The molecule has 0 radical (unpaired) electrons. The number of aryl methyl sites for hydroxylation is 1. The highest BCUT2D eigenvalue weighted by molar-refractivity contribution is 7.15. The zero-order valence-electron chi connectivity index (χ0n) is 20.7. The number of nitriles is 1. The number of hydrogen-bond acceptors (Lipinski definition) is 8. The van der Waals surface area contributed by atoms with E-state index in [-0.39, 0.29) is 6.09 Å². The molecule has 1 aliphatic rings. The Morgan fingerprint density at radius 3 is 2.47 bits per heavy atom. The third-order valence-corrected chi connectivity index (χ3v) is 6.91. The van der Waals surface area contributed by atoms with E-state index < -0.39 is 5.60 Å². The quantitative estimate of drug-likeness (QED) is 0.399. The Morgan fingerprint density at radius 2 is 1.86 bits per heavy atom. The van der Waals surface area contributed by atoms with Crippen LogP contribution in [0.15, 0.2) is 43.0 Å². The second-order valence-electron chi connectivity index (χ2n) is 9.71. The van der Waals surface area contributed by atoms with E-state index in [1.165, 1.54) is 0 Å². The van der Waals surface area contributed by atoms with Gasteiger partial charge in [-0.05, 0) is 45.9 Å². The summed E-state index contributed by atoms with van der Waals surface area (Å²) in [6.07, 6.45) is 6.93. The van der Waals surface area contributed by atoms with Gasteiger partial charge in [0.25, 0.3) is 0 Å². The first-order valence-electron chi connectivity index (χ1n) is 11.8. The van der Waals surface area contributed by atoms with Gasteiger partial charge in [0.15, 0.2) is 0 Å². The minimum atomic E-state index is -0.506. The zero-order valence-corrected chi connectivity index (χ0v) is 21.5. The lowest BCUT2D eigenvalue weighted by Gasteiger charge is -2.36. The normalized spacial score (nSPS) is 14.2. The topological polar surface area (TPSA) is 99.6 Å². The minimum Gasteiger partial charge on any atom is -0.444 e. The monoisotopic (exact) mass is 501 g/mol. The number of piperazine rings is 1. The van der Waals surface area contributed by atoms with Crippen LogP contribution in [0.3, 0.4) is 0 Å². The fraction of sp³-hybridized carbons (Fsp3) is 0.346. The van der Waals surface area contributed by atoms with Gasteiger partial charge in [0, 0.05) is 61.5 Å². The highest BCUT2D eigenvalue weighted by atomic mass is 32.1. The van der Waals surface area contributed by atoms with E-state index in [0.717, 1.165) is 37.9 Å². The van der Waals surface area contributed by atoms with Gasteiger partial charge in [0.2, 0.25) is 0 Å². The van der Waals surface area contributed by atoms with Crippen LogP contribution >= 0.6 is 11.3 Å². The molecule has 0 aliphatic carbocycles. The number of nitrogens with zero attached hydrogens (tertiary/aromatic N) is 7. The Hall–Kier alpha value is -3.97. The molecule has 0 N–H and O–H groups in total. The Kier molecular flexibility index (Phi) is 6.10. The summed E-state index contributed by atoms with van der Waals surface area (Å²) >= 11 is 1.62. The molecule has 5 rings (SSSR count). The number of hydrogen-bond donors (Lipinski definition) is 0. The second kappa shape index (κ2) is 9.24. The summed E-state index contributed by atoms with van der Waals surface area (Å²) in [6.45, 7) is 10.1. The zero-order chi connectivity index (χ0) is 25.4. The average molecular weight is 502 g/mol. The molecule has 0 bridgehead atoms. The summed E-state index contributed by atoms with van der Waals surface area (Å²) in [4.78, 5) is 26.4. The molecule has 184 valence electrons. The molecular weight excluding hydrogens is 474 g/mol. The molecule has 1 saturated heterocycles. The third kappa shape index (κ3) is 4.75. The molecular formula is C26H27N7O2S. The number of ether oxygens (including phenoxy) is 1. The first-order chi connectivity index (χ1) is 17.2. The van der Waals surface area contributed by atoms with Gasteiger partial charge in [-0.1, -0.05) is 0 Å². The van der Waals surface area contributed by atoms with Crippen LogP contribution < -0.4 is 4.90 Å². The van der Waals surface area contributed by atoms with E-state index in [1.54, 1.807) is 26.9 Å². The van der Waals surface area contributed by atoms with Crippen molar-refractivity contribution in [1.29, 1.82) is 5.26 Å². The van der Waals surface area contributed by atoms with Crippen LogP contribution in [0.4, 0.5) is 10.6 Å². The minimum absolute atomic E-state index is 0.278. The molecule has 0 atom stereocenters. The van der Waals surface area contributed by atoms with Crippen molar-refractivity contribution in [2.75, 3.05) is 31.1 Å². The summed E-state index contributed by atoms with van der Waals surface area (Å²) in [5, 5.41) is 15.1. The Morgan fingerprint density at radius 1 is 1.08 bits per heavy atom. The van der Waals surface area contributed by atoms with E-state index in [4.69, 9.17) is 9.72 Å². The van der Waals surface area contributed by atoms with Gasteiger partial charge in [0.1, 0.15) is 17.5 Å². The molecule has 10 heteroatoms. The number of fused-ring (bicyclic) bond motifs is 1. The first-order valence-corrected chi connectivity index (χ1v) is 12.6. The summed E-state index contributed by atoms with van der Waals surface area (Å²) in [7, 11) is 0. The van der Waals surface area contributed by atoms with Crippen molar-refractivity contribution in [3.05, 3.63) is 53.6 Å². The van der Waals surface area contributed by atoms with E-state index >= 15 is 0 Å². The number of amides is 1. The largest absolute Gasteiger partial charge is 0.444 e. The summed E-state index contributed by atoms with van der Waals surface area (Å²) in [6, 6.07) is 8.33. The highest BCUT2D eigenvalue weighted by Gasteiger charge is 2.26. The number of aromatic nitrogens is 4. The number of carbonyl (C=O) groups is 1. The van der Waals surface area contributed by atoms with E-state index in [9.17, 15) is 10.1 Å². The number of anilines is 1. The van der Waals surface area contributed by atoms with Crippen LogP contribution in [0.1, 0.15) is 31.3 Å². The van der Waals surface area contributed by atoms with E-state index in [0.29, 0.717) is 31.7 Å². The second-order valence-corrected chi connectivity index (χ2v) is 10.9. The standard InChI is InChI=1S/C26H27N7O2S/c1-17-28-15-22(36-17)19-11-21(24-20(12-27)14-30-33(24)16-19)18-5-6-23(29-13-18)31-7-9-32(10-8-31)25(34)35-26(2,3)4/h5-6,11,13-16H,7-10H2,1-4H3. The van der Waals surface area contributed by atoms with Crippen LogP contribution in [-0.2, 0) is 4.74 Å². The Labute approximate surface area is 213 Å². The summed E-state index contributed by atoms with van der Waals surface area (Å²) in [5.74, 6) is 0.849. The number of thiazole rings is 1. The molecule has 0 aromatic carbocycles. The molecule has 0 saturated carbocycles. The molecule has 4 aromatic heterocycles. The van der Waals surface area contributed by atoms with Crippen LogP contribution in [0, 0.1) is 18.3 Å². The third-order valence-electron chi connectivity index (χ3n) is 5.95. The van der Waals surface area contributed by atoms with Crippen LogP contribution in [0.2, 0.25) is 0 Å². The highest BCUT2D eigenvalue weighted by Crippen LogP contribution is 2.34. The average Bonchev–Trinajstić information content (AvgIpc) is 3.48. The number of pyridine rings is 2. The van der Waals surface area contributed by atoms with E-state index in [2.05, 4.69) is 27.1 Å². The van der Waals surface area contributed by atoms with Crippen molar-refractivity contribution in [2.24, 2.45) is 0 Å². The molecule has 0 unspecified atom stereocenters. The lowest BCUT2D eigenvalue weighted by Crippen LogP contribution is -2.50. The van der Waals surface area contributed by atoms with Gasteiger partial charge in [-0.2, -0.15) is 10.4 Å². The Balaban J connectivity index is 1.40. The SMILES string of the molecule is Cc1ncc(-c2cc(-c3ccc(N4CCN(C(=O)OC(C)(C)C)CC4)nc3)c3c(C#N)cnn3c2)s1. The van der Waals surface area contributed by atoms with Gasteiger partial charge >= 0.3 is 6.09 Å². The lowest BCUT2D eigenvalue weighted by atomic mass is 10.0. The lowest BCUT2D eigenvalue weighted by molar-refractivity contribution is 0.0240. The van der Waals surface area contributed by atoms with Crippen molar-refractivity contribution in [3.8, 4) is 27.6 Å². The summed E-state index contributed by atoms with van der Waals surface area (Å²) in [5.41, 5.74) is 3.53. The molecule has 4 aromatic rings. The van der Waals surface area contributed by atoms with Gasteiger partial charge in [-0.25, -0.2) is 19.3 Å². The number of carbonyl (C=O) groups excluding carboxylic acids is 1. The maximum Gasteiger partial charge on any atom is 0.410 e. The molecule has 1 fully saturated rings. The van der Waals surface area contributed by atoms with Gasteiger partial charge in [-0.15, -0.1) is 11.3 Å². The smallest absolute Gasteiger partial charge is 0.410 e. The van der Waals surface area contributed by atoms with Crippen molar-refractivity contribution < 1.29 is 9.53 Å². The molecule has 0 spiro atoms. The number of rotatable bonds is 3. The fourth-order valence-corrected chi connectivity index (χ4v) is 4.99. The summed E-state index contributed by atoms with van der Waals surface area (Å²) < 4.78 is 7.24. The fourth-order valence-electron chi connectivity index (χ4n) is 4.23. The Bertz CT molecular complexity index is 1450. The molecule has 36 heavy (non-hydrogen) atoms. The molecule has 1 aliphatic heterocycles. The first kappa shape index (κ1) is 23.8. The van der Waals surface area contributed by atoms with Crippen molar-refractivity contribution >= 4 is 28.8 Å². The van der Waals surface area contributed by atoms with Crippen LogP contribution in [-0.4, -0.2) is 62.4 Å². The van der Waals surface area contributed by atoms with Gasteiger partial charge in [0.05, 0.1) is 27.2 Å². The van der Waals surface area contributed by atoms with Crippen LogP contribution in [0.5, 0.6) is 0 Å². The predicted octanol–water partition coefficient (Wildman–Crippen LogP) is 4.76. The van der Waals surface area contributed by atoms with Gasteiger partial charge < -0.3 is 14.5 Å². The predicted molar refractivity (Wildman–Crippen MR) is 139 cm³/mol. The molecule has 5 heterocycles. The van der Waals surface area contributed by atoms with Crippen molar-refractivity contribution in [3.63, 3.8) is 0 Å².